The summed E-state index contributed by atoms with van der Waals surface area (Å²) < 4.78 is 0. The molecule has 1 aliphatic rings. The van der Waals surface area contributed by atoms with Crippen molar-refractivity contribution in [2.75, 3.05) is 0 Å². The molecule has 2 aromatic carbocycles. The van der Waals surface area contributed by atoms with Crippen molar-refractivity contribution in [3.05, 3.63) is 47.5 Å². The normalized spacial score (nSPS) is 20.4. The average Bonchev–Trinajstić information content (AvgIpc) is 2.61. The van der Waals surface area contributed by atoms with Crippen molar-refractivity contribution in [1.82, 2.24) is 4.90 Å². The van der Waals surface area contributed by atoms with E-state index in [9.17, 15) is 20.4 Å². The van der Waals surface area contributed by atoms with E-state index in [4.69, 9.17) is 5.73 Å². The molecule has 0 radical (unpaired) electrons. The van der Waals surface area contributed by atoms with E-state index >= 15 is 0 Å². The number of aromatic hydroxyl groups is 4. The molecule has 0 unspecified atom stereocenters. The largest absolute Gasteiger partial charge is 0.504 e. The van der Waals surface area contributed by atoms with Crippen LogP contribution in [0.2, 0.25) is 0 Å². The number of rotatable bonds is 5. The van der Waals surface area contributed by atoms with Gasteiger partial charge < -0.3 is 26.2 Å². The predicted octanol–water partition coefficient (Wildman–Crippen LogP) is 2.78. The minimum Gasteiger partial charge on any atom is -0.504 e. The van der Waals surface area contributed by atoms with Crippen LogP contribution in [0.5, 0.6) is 23.0 Å². The molecule has 1 fully saturated rings. The average molecular weight is 358 g/mol. The molecule has 6 N–H and O–H groups in total. The molecule has 2 aromatic rings. The Morgan fingerprint density at radius 1 is 0.731 bits per heavy atom. The summed E-state index contributed by atoms with van der Waals surface area (Å²) in [6.07, 6.45) is 3.94. The Bertz CT molecular complexity index is 704. The van der Waals surface area contributed by atoms with E-state index < -0.39 is 0 Å². The Labute approximate surface area is 153 Å². The molecule has 0 atom stereocenters. The first-order valence-electron chi connectivity index (χ1n) is 8.93. The maximum Gasteiger partial charge on any atom is 0.157 e. The summed E-state index contributed by atoms with van der Waals surface area (Å²) >= 11 is 0. The number of nitrogens with two attached hydrogens (primary N) is 1. The third-order valence-corrected chi connectivity index (χ3v) is 5.11. The van der Waals surface area contributed by atoms with Crippen molar-refractivity contribution < 1.29 is 20.4 Å². The first-order chi connectivity index (χ1) is 12.4. The lowest BCUT2D eigenvalue weighted by Gasteiger charge is -2.36. The third kappa shape index (κ3) is 4.39. The van der Waals surface area contributed by atoms with Crippen LogP contribution < -0.4 is 5.73 Å². The summed E-state index contributed by atoms with van der Waals surface area (Å²) in [6, 6.07) is 10.3. The Morgan fingerprint density at radius 3 is 1.62 bits per heavy atom. The Morgan fingerprint density at radius 2 is 1.19 bits per heavy atom. The van der Waals surface area contributed by atoms with Gasteiger partial charge in [0.25, 0.3) is 0 Å². The van der Waals surface area contributed by atoms with Crippen molar-refractivity contribution in [3.8, 4) is 23.0 Å². The van der Waals surface area contributed by atoms with E-state index in [0.717, 1.165) is 36.8 Å². The van der Waals surface area contributed by atoms with Gasteiger partial charge in [-0.1, -0.05) is 12.1 Å². The molecule has 3 rings (SSSR count). The lowest BCUT2D eigenvalue weighted by Crippen LogP contribution is -2.40. The van der Waals surface area contributed by atoms with Crippen molar-refractivity contribution in [1.29, 1.82) is 0 Å². The Hall–Kier alpha value is -2.44. The molecule has 0 aromatic heterocycles. The predicted molar refractivity (Wildman–Crippen MR) is 99.0 cm³/mol. The highest BCUT2D eigenvalue weighted by Crippen LogP contribution is 2.30. The molecule has 0 heterocycles. The van der Waals surface area contributed by atoms with Gasteiger partial charge in [0, 0.05) is 25.2 Å². The first kappa shape index (κ1) is 18.4. The van der Waals surface area contributed by atoms with Crippen LogP contribution in [0.3, 0.4) is 0 Å². The van der Waals surface area contributed by atoms with Crippen LogP contribution in [0.4, 0.5) is 0 Å². The van der Waals surface area contributed by atoms with Crippen molar-refractivity contribution in [2.45, 2.75) is 50.9 Å². The zero-order valence-corrected chi connectivity index (χ0v) is 14.7. The van der Waals surface area contributed by atoms with Crippen LogP contribution in [0.15, 0.2) is 36.4 Å². The summed E-state index contributed by atoms with van der Waals surface area (Å²) in [5, 5.41) is 38.6. The van der Waals surface area contributed by atoms with Gasteiger partial charge >= 0.3 is 0 Å². The maximum absolute atomic E-state index is 9.77. The number of hydrogen-bond donors (Lipinski definition) is 5. The van der Waals surface area contributed by atoms with E-state index in [1.807, 2.05) is 0 Å². The molecule has 6 nitrogen and oxygen atoms in total. The zero-order valence-electron chi connectivity index (χ0n) is 14.7. The summed E-state index contributed by atoms with van der Waals surface area (Å²) in [6.45, 7) is 1.21. The Balaban J connectivity index is 1.80. The highest BCUT2D eigenvalue weighted by molar-refractivity contribution is 5.41. The molecule has 1 saturated carbocycles. The lowest BCUT2D eigenvalue weighted by molar-refractivity contribution is 0.134. The van der Waals surface area contributed by atoms with Gasteiger partial charge in [0.1, 0.15) is 0 Å². The molecule has 0 amide bonds. The molecule has 26 heavy (non-hydrogen) atoms. The minimum absolute atomic E-state index is 0.129. The topological polar surface area (TPSA) is 110 Å². The second-order valence-electron chi connectivity index (χ2n) is 7.12. The van der Waals surface area contributed by atoms with Crippen molar-refractivity contribution >= 4 is 0 Å². The summed E-state index contributed by atoms with van der Waals surface area (Å²) in [7, 11) is 0. The van der Waals surface area contributed by atoms with Gasteiger partial charge in [-0.15, -0.1) is 0 Å². The van der Waals surface area contributed by atoms with Gasteiger partial charge in [-0.3, -0.25) is 4.90 Å². The van der Waals surface area contributed by atoms with Crippen molar-refractivity contribution in [3.63, 3.8) is 0 Å². The standard InChI is InChI=1S/C20H26N2O4/c21-15-3-5-16(6-4-15)22(11-13-1-7-17(23)19(25)9-13)12-14-2-8-18(24)20(26)10-14/h1-2,7-10,15-16,23-26H,3-6,11-12,21H2. The first-order valence-corrected chi connectivity index (χ1v) is 8.93. The molecule has 6 heteroatoms. The van der Waals surface area contributed by atoms with E-state index in [0.29, 0.717) is 19.1 Å². The second-order valence-corrected chi connectivity index (χ2v) is 7.12. The van der Waals surface area contributed by atoms with E-state index in [-0.39, 0.29) is 29.0 Å². The number of hydrogen-bond acceptors (Lipinski definition) is 6. The molecular weight excluding hydrogens is 332 g/mol. The number of nitrogens with zero attached hydrogens (tertiary/aromatic N) is 1. The molecule has 0 aliphatic heterocycles. The molecule has 0 saturated heterocycles. The summed E-state index contributed by atoms with van der Waals surface area (Å²) in [4.78, 5) is 2.30. The molecule has 140 valence electrons. The monoisotopic (exact) mass is 358 g/mol. The van der Waals surface area contributed by atoms with Crippen LogP contribution in [0.1, 0.15) is 36.8 Å². The van der Waals surface area contributed by atoms with Gasteiger partial charge in [0.05, 0.1) is 0 Å². The SMILES string of the molecule is NC1CCC(N(Cc2ccc(O)c(O)c2)Cc2ccc(O)c(O)c2)CC1. The van der Waals surface area contributed by atoms with Crippen LogP contribution in [-0.2, 0) is 13.1 Å². The van der Waals surface area contributed by atoms with Gasteiger partial charge in [0.2, 0.25) is 0 Å². The van der Waals surface area contributed by atoms with E-state index in [1.165, 1.54) is 12.1 Å². The number of benzene rings is 2. The van der Waals surface area contributed by atoms with E-state index in [2.05, 4.69) is 4.90 Å². The van der Waals surface area contributed by atoms with Gasteiger partial charge in [0.15, 0.2) is 23.0 Å². The molecular formula is C20H26N2O4. The lowest BCUT2D eigenvalue weighted by atomic mass is 9.90. The zero-order chi connectivity index (χ0) is 18.7. The highest BCUT2D eigenvalue weighted by Gasteiger charge is 2.25. The molecule has 0 bridgehead atoms. The van der Waals surface area contributed by atoms with Gasteiger partial charge in [-0.05, 0) is 61.1 Å². The molecule has 1 aliphatic carbocycles. The smallest absolute Gasteiger partial charge is 0.157 e. The fourth-order valence-corrected chi connectivity index (χ4v) is 3.58. The van der Waals surface area contributed by atoms with Crippen LogP contribution >= 0.6 is 0 Å². The summed E-state index contributed by atoms with van der Waals surface area (Å²) in [5.74, 6) is -0.523. The summed E-state index contributed by atoms with van der Waals surface area (Å²) in [5.41, 5.74) is 7.84. The van der Waals surface area contributed by atoms with Gasteiger partial charge in [-0.2, -0.15) is 0 Å². The fraction of sp³-hybridized carbons (Fsp3) is 0.400. The Kier molecular flexibility index (Phi) is 5.54. The third-order valence-electron chi connectivity index (χ3n) is 5.11. The molecule has 0 spiro atoms. The highest BCUT2D eigenvalue weighted by atomic mass is 16.3. The number of phenols is 4. The maximum atomic E-state index is 9.77. The van der Waals surface area contributed by atoms with Crippen LogP contribution in [0.25, 0.3) is 0 Å². The van der Waals surface area contributed by atoms with Crippen molar-refractivity contribution in [2.24, 2.45) is 5.73 Å². The second kappa shape index (κ2) is 7.85. The van der Waals surface area contributed by atoms with Crippen LogP contribution in [-0.4, -0.2) is 37.4 Å². The van der Waals surface area contributed by atoms with E-state index in [1.54, 1.807) is 24.3 Å². The van der Waals surface area contributed by atoms with Gasteiger partial charge in [-0.25, -0.2) is 0 Å². The minimum atomic E-state index is -0.132. The quantitative estimate of drug-likeness (QED) is 0.526. The number of phenolic OH excluding ortho intramolecular Hbond substituents is 4. The van der Waals surface area contributed by atoms with Crippen LogP contribution in [0, 0.1) is 0 Å². The fourth-order valence-electron chi connectivity index (χ4n) is 3.58.